The SMILES string of the molecule is CCCCCCCCCCCCCCCCCCCC(=O)OC(COCCCCCCCCCCCCCCC)COP(=O)(O)OCC[N+](C)(C)C. The summed E-state index contributed by atoms with van der Waals surface area (Å²) >= 11 is 0. The smallest absolute Gasteiger partial charge is 0.457 e. The minimum atomic E-state index is -4.26. The van der Waals surface area contributed by atoms with Crippen LogP contribution in [0.15, 0.2) is 0 Å². The lowest BCUT2D eigenvalue weighted by Gasteiger charge is -2.24. The van der Waals surface area contributed by atoms with E-state index in [1.54, 1.807) is 0 Å². The highest BCUT2D eigenvalue weighted by Gasteiger charge is 2.26. The zero-order valence-electron chi connectivity index (χ0n) is 35.3. The van der Waals surface area contributed by atoms with Crippen LogP contribution in [0.3, 0.4) is 0 Å². The van der Waals surface area contributed by atoms with E-state index in [1.807, 2.05) is 21.1 Å². The molecule has 9 heteroatoms. The van der Waals surface area contributed by atoms with Crippen LogP contribution in [0.1, 0.15) is 213 Å². The van der Waals surface area contributed by atoms with Crippen LogP contribution >= 0.6 is 7.82 Å². The average Bonchev–Trinajstić information content (AvgIpc) is 3.09. The number of quaternary nitrogens is 1. The lowest BCUT2D eigenvalue weighted by molar-refractivity contribution is -0.870. The first kappa shape index (κ1) is 51.5. The van der Waals surface area contributed by atoms with Crippen LogP contribution in [0.4, 0.5) is 0 Å². The third-order valence-corrected chi connectivity index (χ3v) is 10.9. The number of nitrogens with zero attached hydrogens (tertiary/aromatic N) is 1. The zero-order valence-corrected chi connectivity index (χ0v) is 36.2. The number of hydrogen-bond acceptors (Lipinski definition) is 6. The molecule has 0 amide bonds. The van der Waals surface area contributed by atoms with Crippen molar-refractivity contribution in [2.75, 3.05) is 54.1 Å². The quantitative estimate of drug-likeness (QED) is 0.0286. The molecule has 0 spiro atoms. The Hall–Kier alpha value is -0.500. The molecule has 2 unspecified atom stereocenters. The van der Waals surface area contributed by atoms with Crippen molar-refractivity contribution in [2.45, 2.75) is 219 Å². The van der Waals surface area contributed by atoms with Gasteiger partial charge in [0.15, 0.2) is 0 Å². The van der Waals surface area contributed by atoms with E-state index in [0.717, 1.165) is 32.1 Å². The summed E-state index contributed by atoms with van der Waals surface area (Å²) in [4.78, 5) is 22.9. The van der Waals surface area contributed by atoms with Crippen LogP contribution in [0.25, 0.3) is 0 Å². The van der Waals surface area contributed by atoms with E-state index in [2.05, 4.69) is 13.8 Å². The third-order valence-electron chi connectivity index (χ3n) is 9.92. The molecule has 0 aromatic heterocycles. The van der Waals surface area contributed by atoms with Gasteiger partial charge in [0.25, 0.3) is 0 Å². The fourth-order valence-electron chi connectivity index (χ4n) is 6.44. The molecule has 0 aliphatic carbocycles. The largest absolute Gasteiger partial charge is 0.472 e. The summed E-state index contributed by atoms with van der Waals surface area (Å²) in [6.07, 6.45) is 38.4. The second-order valence-electron chi connectivity index (χ2n) is 16.4. The second kappa shape index (κ2) is 37.4. The molecule has 0 radical (unpaired) electrons. The first-order chi connectivity index (χ1) is 25.1. The van der Waals surface area contributed by atoms with Gasteiger partial charge in [-0.05, 0) is 12.8 Å². The third kappa shape index (κ3) is 40.7. The van der Waals surface area contributed by atoms with E-state index in [4.69, 9.17) is 18.5 Å². The normalized spacial score (nSPS) is 13.7. The predicted octanol–water partition coefficient (Wildman–Crippen LogP) is 12.9. The van der Waals surface area contributed by atoms with Crippen molar-refractivity contribution < 1.29 is 37.3 Å². The molecule has 0 aliphatic rings. The van der Waals surface area contributed by atoms with Crippen molar-refractivity contribution >= 4 is 13.8 Å². The number of phosphoric acid groups is 1. The maximum Gasteiger partial charge on any atom is 0.472 e. The topological polar surface area (TPSA) is 91.3 Å². The minimum Gasteiger partial charge on any atom is -0.457 e. The van der Waals surface area contributed by atoms with Gasteiger partial charge in [0, 0.05) is 13.0 Å². The van der Waals surface area contributed by atoms with E-state index in [-0.39, 0.29) is 25.8 Å². The number of unbranched alkanes of at least 4 members (excludes halogenated alkanes) is 28. The fraction of sp³-hybridized carbons (Fsp3) is 0.977. The molecule has 1 N–H and O–H groups in total. The van der Waals surface area contributed by atoms with Crippen LogP contribution in [0.5, 0.6) is 0 Å². The number of esters is 1. The number of ether oxygens (including phenoxy) is 2. The number of carbonyl (C=O) groups is 1. The molecule has 0 aromatic rings. The van der Waals surface area contributed by atoms with Crippen molar-refractivity contribution in [2.24, 2.45) is 0 Å². The monoisotopic (exact) mass is 763 g/mol. The minimum absolute atomic E-state index is 0.0938. The van der Waals surface area contributed by atoms with Gasteiger partial charge in [-0.15, -0.1) is 0 Å². The van der Waals surface area contributed by atoms with Gasteiger partial charge in [-0.2, -0.15) is 0 Å². The van der Waals surface area contributed by atoms with Gasteiger partial charge in [-0.25, -0.2) is 4.57 Å². The van der Waals surface area contributed by atoms with E-state index < -0.39 is 13.9 Å². The highest BCUT2D eigenvalue weighted by atomic mass is 31.2. The van der Waals surface area contributed by atoms with Crippen molar-refractivity contribution in [3.05, 3.63) is 0 Å². The van der Waals surface area contributed by atoms with E-state index >= 15 is 0 Å². The highest BCUT2D eigenvalue weighted by Crippen LogP contribution is 2.43. The molecule has 0 saturated carbocycles. The molecule has 52 heavy (non-hydrogen) atoms. The summed E-state index contributed by atoms with van der Waals surface area (Å²) in [7, 11) is 1.68. The number of carbonyl (C=O) groups excluding carboxylic acids is 1. The molecule has 2 atom stereocenters. The van der Waals surface area contributed by atoms with Crippen LogP contribution < -0.4 is 0 Å². The summed E-state index contributed by atoms with van der Waals surface area (Å²) in [5.74, 6) is -0.308. The molecule has 0 aliphatic heterocycles. The van der Waals surface area contributed by atoms with Gasteiger partial charge in [0.1, 0.15) is 19.3 Å². The average molecular weight is 763 g/mol. The van der Waals surface area contributed by atoms with E-state index in [9.17, 15) is 14.3 Å². The summed E-state index contributed by atoms with van der Waals surface area (Å²) in [5, 5.41) is 0. The molecule has 0 aromatic carbocycles. The van der Waals surface area contributed by atoms with Crippen LogP contribution in [-0.2, 0) is 27.9 Å². The molecule has 0 heterocycles. The van der Waals surface area contributed by atoms with Gasteiger partial charge in [0.05, 0.1) is 34.4 Å². The Morgan fingerprint density at radius 3 is 1.27 bits per heavy atom. The molecule has 0 bridgehead atoms. The maximum absolute atomic E-state index is 12.7. The summed E-state index contributed by atoms with van der Waals surface area (Å²) in [6.45, 7) is 5.68. The van der Waals surface area contributed by atoms with Gasteiger partial charge in [-0.1, -0.05) is 194 Å². The van der Waals surface area contributed by atoms with Gasteiger partial charge in [-0.3, -0.25) is 13.8 Å². The Morgan fingerprint density at radius 1 is 0.519 bits per heavy atom. The predicted molar refractivity (Wildman–Crippen MR) is 220 cm³/mol. The number of phosphoric ester groups is 1. The van der Waals surface area contributed by atoms with Gasteiger partial charge < -0.3 is 18.9 Å². The molecule has 0 fully saturated rings. The Kier molecular flexibility index (Phi) is 37.1. The Balaban J connectivity index is 4.17. The summed E-state index contributed by atoms with van der Waals surface area (Å²) in [6, 6.07) is 0. The Bertz CT molecular complexity index is 807. The lowest BCUT2D eigenvalue weighted by atomic mass is 10.0. The van der Waals surface area contributed by atoms with E-state index in [1.165, 1.54) is 161 Å². The van der Waals surface area contributed by atoms with Crippen LogP contribution in [-0.4, -0.2) is 75.6 Å². The van der Waals surface area contributed by atoms with Crippen molar-refractivity contribution in [1.82, 2.24) is 0 Å². The zero-order chi connectivity index (χ0) is 38.4. The Labute approximate surface area is 323 Å². The number of rotatable bonds is 42. The van der Waals surface area contributed by atoms with Crippen molar-refractivity contribution in [3.63, 3.8) is 0 Å². The molecular formula is C43H89NO7P+. The molecule has 0 rings (SSSR count). The van der Waals surface area contributed by atoms with Crippen molar-refractivity contribution in [1.29, 1.82) is 0 Å². The van der Waals surface area contributed by atoms with Gasteiger partial charge >= 0.3 is 13.8 Å². The van der Waals surface area contributed by atoms with Crippen LogP contribution in [0.2, 0.25) is 0 Å². The number of hydrogen-bond donors (Lipinski definition) is 1. The summed E-state index contributed by atoms with van der Waals surface area (Å²) < 4.78 is 35.0. The first-order valence-electron chi connectivity index (χ1n) is 22.3. The summed E-state index contributed by atoms with van der Waals surface area (Å²) in [5.41, 5.74) is 0. The molecule has 312 valence electrons. The fourth-order valence-corrected chi connectivity index (χ4v) is 7.18. The first-order valence-corrected chi connectivity index (χ1v) is 23.8. The lowest BCUT2D eigenvalue weighted by Crippen LogP contribution is -2.37. The van der Waals surface area contributed by atoms with Gasteiger partial charge in [0.2, 0.25) is 0 Å². The molecule has 8 nitrogen and oxygen atoms in total. The second-order valence-corrected chi connectivity index (χ2v) is 17.9. The van der Waals surface area contributed by atoms with E-state index in [0.29, 0.717) is 24.1 Å². The highest BCUT2D eigenvalue weighted by molar-refractivity contribution is 7.47. The standard InChI is InChI=1S/C43H88NO7P/c1-6-8-10-12-14-16-18-20-21-22-23-24-26-28-30-32-34-36-43(45)51-42(41-50-52(46,47)49-39-37-44(3,4)5)40-48-38-35-33-31-29-27-25-19-17-15-13-11-9-7-2/h42H,6-41H2,1-5H3/p+1. The Morgan fingerprint density at radius 2 is 0.885 bits per heavy atom. The van der Waals surface area contributed by atoms with Crippen LogP contribution in [0, 0.1) is 0 Å². The molecular weight excluding hydrogens is 673 g/mol. The number of likely N-dealkylation sites (N-methyl/N-ethyl adjacent to an activating group) is 1. The van der Waals surface area contributed by atoms with Crippen molar-refractivity contribution in [3.8, 4) is 0 Å². The molecule has 0 saturated heterocycles. The maximum atomic E-state index is 12.7.